The van der Waals surface area contributed by atoms with E-state index < -0.39 is 11.7 Å². The highest BCUT2D eigenvalue weighted by atomic mass is 19.4. The zero-order valence-electron chi connectivity index (χ0n) is 18.4. The minimum atomic E-state index is -4.32. The quantitative estimate of drug-likeness (QED) is 0.631. The van der Waals surface area contributed by atoms with Gasteiger partial charge in [-0.15, -0.1) is 0 Å². The van der Waals surface area contributed by atoms with Crippen molar-refractivity contribution in [1.29, 1.82) is 0 Å². The molecule has 8 heteroatoms. The van der Waals surface area contributed by atoms with E-state index in [2.05, 4.69) is 10.2 Å². The lowest BCUT2D eigenvalue weighted by atomic mass is 10.1. The molecule has 0 unspecified atom stereocenters. The fourth-order valence-electron chi connectivity index (χ4n) is 4.13. The Labute approximate surface area is 191 Å². The number of benzene rings is 2. The molecule has 5 nitrogen and oxygen atoms in total. The smallest absolute Gasteiger partial charge is 0.416 e. The van der Waals surface area contributed by atoms with Gasteiger partial charge in [0.1, 0.15) is 12.4 Å². The van der Waals surface area contributed by atoms with Gasteiger partial charge in [-0.25, -0.2) is 0 Å². The van der Waals surface area contributed by atoms with Crippen LogP contribution in [0.5, 0.6) is 5.75 Å². The van der Waals surface area contributed by atoms with Gasteiger partial charge < -0.3 is 15.0 Å². The number of carbonyl (C=O) groups excluding carboxylic acids is 1. The number of ether oxygens (including phenoxy) is 1. The van der Waals surface area contributed by atoms with E-state index in [1.807, 2.05) is 35.2 Å². The van der Waals surface area contributed by atoms with Crippen LogP contribution in [0.25, 0.3) is 6.08 Å². The van der Waals surface area contributed by atoms with Crippen molar-refractivity contribution in [2.45, 2.75) is 19.0 Å². The first-order valence-corrected chi connectivity index (χ1v) is 11.3. The van der Waals surface area contributed by atoms with Crippen LogP contribution < -0.4 is 15.0 Å². The zero-order chi connectivity index (χ0) is 23.3. The number of carbonyl (C=O) groups is 1. The average molecular weight is 460 g/mol. The molecule has 2 aromatic carbocycles. The first-order chi connectivity index (χ1) is 15.9. The zero-order valence-corrected chi connectivity index (χ0v) is 18.4. The van der Waals surface area contributed by atoms with Gasteiger partial charge in [0.05, 0.1) is 11.1 Å². The van der Waals surface area contributed by atoms with Crippen molar-refractivity contribution < 1.29 is 22.7 Å². The third-order valence-corrected chi connectivity index (χ3v) is 6.02. The number of unbranched alkanes of at least 4 members (excludes halogenated alkanes) is 1. The Kier molecular flexibility index (Phi) is 7.23. The number of para-hydroxylation sites is 1. The molecule has 2 aliphatic heterocycles. The second-order valence-corrected chi connectivity index (χ2v) is 8.34. The number of hydrogen-bond acceptors (Lipinski definition) is 4. The van der Waals surface area contributed by atoms with Gasteiger partial charge in [-0.1, -0.05) is 24.3 Å². The molecule has 0 spiro atoms. The van der Waals surface area contributed by atoms with Crippen LogP contribution in [0.2, 0.25) is 0 Å². The Balaban J connectivity index is 1.14. The van der Waals surface area contributed by atoms with E-state index >= 15 is 0 Å². The van der Waals surface area contributed by atoms with Crippen LogP contribution in [0.4, 0.5) is 18.9 Å². The minimum Gasteiger partial charge on any atom is -0.488 e. The predicted octanol–water partition coefficient (Wildman–Crippen LogP) is 4.20. The van der Waals surface area contributed by atoms with Crippen molar-refractivity contribution in [3.05, 3.63) is 65.2 Å². The minimum absolute atomic E-state index is 0.0980. The first-order valence-electron chi connectivity index (χ1n) is 11.3. The summed E-state index contributed by atoms with van der Waals surface area (Å²) in [6.07, 6.45) is -0.636. The van der Waals surface area contributed by atoms with Gasteiger partial charge in [0.25, 0.3) is 5.91 Å². The van der Waals surface area contributed by atoms with Gasteiger partial charge in [0.2, 0.25) is 0 Å². The van der Waals surface area contributed by atoms with Gasteiger partial charge >= 0.3 is 6.18 Å². The van der Waals surface area contributed by atoms with Crippen molar-refractivity contribution in [1.82, 2.24) is 10.2 Å². The summed E-state index contributed by atoms with van der Waals surface area (Å²) in [5.41, 5.74) is 1.55. The number of halogens is 3. The third-order valence-electron chi connectivity index (χ3n) is 6.02. The first kappa shape index (κ1) is 23.2. The average Bonchev–Trinajstić information content (AvgIpc) is 2.83. The Bertz CT molecular complexity index is 998. The maximum atomic E-state index is 13.0. The highest BCUT2D eigenvalue weighted by Gasteiger charge is 2.31. The maximum absolute atomic E-state index is 13.0. The number of rotatable bonds is 7. The third kappa shape index (κ3) is 6.07. The Hall–Kier alpha value is -3.00. The van der Waals surface area contributed by atoms with Crippen molar-refractivity contribution in [2.75, 3.05) is 50.8 Å². The molecule has 0 radical (unpaired) electrons. The van der Waals surface area contributed by atoms with Crippen molar-refractivity contribution in [3.8, 4) is 5.75 Å². The van der Waals surface area contributed by atoms with Gasteiger partial charge in [0.15, 0.2) is 0 Å². The van der Waals surface area contributed by atoms with E-state index in [1.165, 1.54) is 12.1 Å². The molecule has 2 heterocycles. The summed E-state index contributed by atoms with van der Waals surface area (Å²) in [4.78, 5) is 16.7. The molecule has 33 heavy (non-hydrogen) atoms. The van der Waals surface area contributed by atoms with Crippen LogP contribution in [0.3, 0.4) is 0 Å². The predicted molar refractivity (Wildman–Crippen MR) is 122 cm³/mol. The van der Waals surface area contributed by atoms with E-state index in [9.17, 15) is 18.0 Å². The van der Waals surface area contributed by atoms with E-state index in [4.69, 9.17) is 4.74 Å². The van der Waals surface area contributed by atoms with E-state index in [1.54, 1.807) is 6.07 Å². The lowest BCUT2D eigenvalue weighted by molar-refractivity contribution is -0.137. The Morgan fingerprint density at radius 2 is 1.79 bits per heavy atom. The molecular weight excluding hydrogens is 431 g/mol. The number of nitrogens with zero attached hydrogens (tertiary/aromatic N) is 2. The normalized spacial score (nSPS) is 16.6. The summed E-state index contributed by atoms with van der Waals surface area (Å²) >= 11 is 0. The number of nitrogens with one attached hydrogen (secondary N) is 1. The van der Waals surface area contributed by atoms with Crippen LogP contribution in [0.15, 0.2) is 54.1 Å². The lowest BCUT2D eigenvalue weighted by Crippen LogP contribution is -2.46. The molecular formula is C25H28F3N3O2. The molecule has 176 valence electrons. The van der Waals surface area contributed by atoms with Crippen molar-refractivity contribution in [2.24, 2.45) is 0 Å². The van der Waals surface area contributed by atoms with Crippen LogP contribution in [-0.2, 0) is 11.0 Å². The van der Waals surface area contributed by atoms with Crippen LogP contribution in [-0.4, -0.2) is 56.7 Å². The van der Waals surface area contributed by atoms with Gasteiger partial charge in [0, 0.05) is 44.0 Å². The topological polar surface area (TPSA) is 44.8 Å². The molecule has 0 aromatic heterocycles. The number of alkyl halides is 3. The summed E-state index contributed by atoms with van der Waals surface area (Å²) in [6, 6.07) is 13.2. The van der Waals surface area contributed by atoms with Crippen LogP contribution in [0, 0.1) is 0 Å². The number of anilines is 1. The summed E-state index contributed by atoms with van der Waals surface area (Å²) < 4.78 is 44.5. The fourth-order valence-corrected chi connectivity index (χ4v) is 4.13. The fraction of sp³-hybridized carbons (Fsp3) is 0.400. The van der Waals surface area contributed by atoms with Gasteiger partial charge in [-0.2, -0.15) is 13.2 Å². The molecule has 2 aliphatic rings. The molecule has 4 rings (SSSR count). The second-order valence-electron chi connectivity index (χ2n) is 8.34. The maximum Gasteiger partial charge on any atom is 0.416 e. The second kappa shape index (κ2) is 10.3. The van der Waals surface area contributed by atoms with Crippen molar-refractivity contribution >= 4 is 17.7 Å². The number of fused-ring (bicyclic) bond motifs is 1. The van der Waals surface area contributed by atoms with E-state index in [0.717, 1.165) is 49.9 Å². The highest BCUT2D eigenvalue weighted by Crippen LogP contribution is 2.32. The highest BCUT2D eigenvalue weighted by molar-refractivity contribution is 5.99. The standard InChI is InChI=1S/C25H28F3N3O2/c26-25(27,28)21-7-5-8-22(17-21)31-14-12-30(13-15-31)11-4-3-10-29-24(32)20-16-19-6-1-2-9-23(19)33-18-20/h1-2,5-9,16-17H,3-4,10-15,18H2,(H,29,32). The summed E-state index contributed by atoms with van der Waals surface area (Å²) in [6.45, 7) is 4.81. The number of amides is 1. The molecule has 1 fully saturated rings. The van der Waals surface area contributed by atoms with Gasteiger partial charge in [-0.05, 0) is 49.7 Å². The van der Waals surface area contributed by atoms with Gasteiger partial charge in [-0.3, -0.25) is 9.69 Å². The summed E-state index contributed by atoms with van der Waals surface area (Å²) in [7, 11) is 0. The molecule has 0 bridgehead atoms. The Morgan fingerprint density at radius 1 is 1.00 bits per heavy atom. The number of hydrogen-bond donors (Lipinski definition) is 1. The molecule has 1 saturated heterocycles. The lowest BCUT2D eigenvalue weighted by Gasteiger charge is -2.36. The Morgan fingerprint density at radius 3 is 2.58 bits per heavy atom. The SMILES string of the molecule is O=C(NCCCCN1CCN(c2cccc(C(F)(F)F)c2)CC1)C1=Cc2ccccc2OC1. The monoisotopic (exact) mass is 459 g/mol. The molecule has 0 aliphatic carbocycles. The van der Waals surface area contributed by atoms with Crippen LogP contribution >= 0.6 is 0 Å². The molecule has 2 aromatic rings. The summed E-state index contributed by atoms with van der Waals surface area (Å²) in [5.74, 6) is 0.696. The number of piperazine rings is 1. The van der Waals surface area contributed by atoms with Crippen molar-refractivity contribution in [3.63, 3.8) is 0 Å². The summed E-state index contributed by atoms with van der Waals surface area (Å²) in [5, 5.41) is 2.96. The molecule has 0 saturated carbocycles. The van der Waals surface area contributed by atoms with Crippen LogP contribution in [0.1, 0.15) is 24.0 Å². The molecule has 1 amide bonds. The van der Waals surface area contributed by atoms with E-state index in [-0.39, 0.29) is 12.5 Å². The van der Waals surface area contributed by atoms with E-state index in [0.29, 0.717) is 30.9 Å². The largest absolute Gasteiger partial charge is 0.488 e. The molecule has 1 N–H and O–H groups in total. The molecule has 0 atom stereocenters.